The first kappa shape index (κ1) is 11.4. The molecule has 1 aromatic heterocycles. The molecular formula is C10H12ClNOS2. The average molecular weight is 262 g/mol. The molecule has 1 aliphatic rings. The first-order chi connectivity index (χ1) is 7.29. The monoisotopic (exact) mass is 261 g/mol. The Bertz CT molecular complexity index is 347. The fourth-order valence-corrected chi connectivity index (χ4v) is 4.46. The van der Waals surface area contributed by atoms with E-state index in [2.05, 4.69) is 4.98 Å². The van der Waals surface area contributed by atoms with Crippen molar-refractivity contribution in [3.63, 3.8) is 0 Å². The highest BCUT2D eigenvalue weighted by Crippen LogP contribution is 2.37. The highest BCUT2D eigenvalue weighted by molar-refractivity contribution is 8.01. The smallest absolute Gasteiger partial charge is 0.163 e. The number of rotatable bonds is 3. The Morgan fingerprint density at radius 1 is 1.40 bits per heavy atom. The molecule has 1 fully saturated rings. The highest BCUT2D eigenvalue weighted by Gasteiger charge is 2.17. The summed E-state index contributed by atoms with van der Waals surface area (Å²) in [5.41, 5.74) is 0. The second-order valence-electron chi connectivity index (χ2n) is 3.63. The van der Waals surface area contributed by atoms with Gasteiger partial charge in [0.1, 0.15) is 4.88 Å². The Hall–Kier alpha value is -0.0600. The van der Waals surface area contributed by atoms with Crippen molar-refractivity contribution in [3.8, 4) is 0 Å². The van der Waals surface area contributed by atoms with Crippen LogP contribution in [0.5, 0.6) is 0 Å². The van der Waals surface area contributed by atoms with Gasteiger partial charge in [0, 0.05) is 5.25 Å². The first-order valence-electron chi connectivity index (χ1n) is 5.08. The van der Waals surface area contributed by atoms with Crippen molar-refractivity contribution in [2.24, 2.45) is 0 Å². The maximum absolute atomic E-state index is 10.6. The van der Waals surface area contributed by atoms with E-state index in [1.807, 2.05) is 0 Å². The number of hydrogen-bond donors (Lipinski definition) is 0. The zero-order valence-corrected chi connectivity index (χ0v) is 10.6. The number of carbonyl (C=O) groups is 1. The van der Waals surface area contributed by atoms with Crippen LogP contribution in [0.3, 0.4) is 0 Å². The second kappa shape index (κ2) is 5.32. The zero-order chi connectivity index (χ0) is 10.7. The van der Waals surface area contributed by atoms with Crippen LogP contribution in [-0.2, 0) is 0 Å². The van der Waals surface area contributed by atoms with Crippen LogP contribution < -0.4 is 0 Å². The van der Waals surface area contributed by atoms with Crippen molar-refractivity contribution in [1.82, 2.24) is 4.98 Å². The van der Waals surface area contributed by atoms with E-state index in [9.17, 15) is 4.79 Å². The summed E-state index contributed by atoms with van der Waals surface area (Å²) in [5.74, 6) is 0. The molecule has 1 saturated carbocycles. The van der Waals surface area contributed by atoms with Crippen molar-refractivity contribution >= 4 is 41.0 Å². The Balaban J connectivity index is 2.00. The predicted molar refractivity (Wildman–Crippen MR) is 65.2 cm³/mol. The first-order valence-corrected chi connectivity index (χ1v) is 7.15. The third kappa shape index (κ3) is 2.95. The van der Waals surface area contributed by atoms with Crippen molar-refractivity contribution in [2.75, 3.05) is 0 Å². The highest BCUT2D eigenvalue weighted by atomic mass is 35.5. The van der Waals surface area contributed by atoms with Gasteiger partial charge < -0.3 is 0 Å². The van der Waals surface area contributed by atoms with E-state index in [0.29, 0.717) is 15.3 Å². The molecule has 1 heterocycles. The van der Waals surface area contributed by atoms with Crippen LogP contribution >= 0.6 is 34.7 Å². The molecule has 0 atom stereocenters. The molecule has 5 heteroatoms. The molecule has 0 radical (unpaired) electrons. The number of nitrogens with zero attached hydrogens (tertiary/aromatic N) is 1. The summed E-state index contributed by atoms with van der Waals surface area (Å²) < 4.78 is 0.939. The Morgan fingerprint density at radius 2 is 2.13 bits per heavy atom. The molecule has 0 unspecified atom stereocenters. The van der Waals surface area contributed by atoms with Crippen molar-refractivity contribution in [1.29, 1.82) is 0 Å². The standard InChI is InChI=1S/C10H12ClNOS2/c11-9-8(6-13)15-10(12-9)14-7-4-2-1-3-5-7/h6-7H,1-5H2. The normalized spacial score (nSPS) is 17.9. The van der Waals surface area contributed by atoms with E-state index in [0.717, 1.165) is 10.6 Å². The molecule has 0 bridgehead atoms. The molecule has 0 amide bonds. The van der Waals surface area contributed by atoms with E-state index in [1.54, 1.807) is 11.8 Å². The molecule has 0 N–H and O–H groups in total. The molecule has 0 spiro atoms. The quantitative estimate of drug-likeness (QED) is 0.770. The number of hydrogen-bond acceptors (Lipinski definition) is 4. The molecule has 0 aromatic carbocycles. The van der Waals surface area contributed by atoms with Gasteiger partial charge in [-0.05, 0) is 12.8 Å². The van der Waals surface area contributed by atoms with Gasteiger partial charge in [-0.15, -0.1) is 11.3 Å². The number of thiazole rings is 1. The molecule has 82 valence electrons. The molecule has 15 heavy (non-hydrogen) atoms. The van der Waals surface area contributed by atoms with E-state index >= 15 is 0 Å². The van der Waals surface area contributed by atoms with Crippen LogP contribution in [0.1, 0.15) is 41.8 Å². The number of aromatic nitrogens is 1. The summed E-state index contributed by atoms with van der Waals surface area (Å²) >= 11 is 9.00. The molecule has 2 nitrogen and oxygen atoms in total. The lowest BCUT2D eigenvalue weighted by Crippen LogP contribution is -2.07. The van der Waals surface area contributed by atoms with Crippen LogP contribution in [0.25, 0.3) is 0 Å². The van der Waals surface area contributed by atoms with Gasteiger partial charge in [-0.25, -0.2) is 4.98 Å². The van der Waals surface area contributed by atoms with E-state index < -0.39 is 0 Å². The number of halogens is 1. The SMILES string of the molecule is O=Cc1sc(SC2CCCCC2)nc1Cl. The Kier molecular flexibility index (Phi) is 4.05. The minimum absolute atomic E-state index is 0.355. The maximum Gasteiger partial charge on any atom is 0.163 e. The second-order valence-corrected chi connectivity index (χ2v) is 6.57. The summed E-state index contributed by atoms with van der Waals surface area (Å²) in [4.78, 5) is 15.4. The van der Waals surface area contributed by atoms with Crippen LogP contribution in [0.2, 0.25) is 5.15 Å². The number of carbonyl (C=O) groups excluding carboxylic acids is 1. The average Bonchev–Trinajstić information content (AvgIpc) is 2.60. The van der Waals surface area contributed by atoms with Gasteiger partial charge in [-0.2, -0.15) is 0 Å². The van der Waals surface area contributed by atoms with Gasteiger partial charge in [0.15, 0.2) is 15.8 Å². The lowest BCUT2D eigenvalue weighted by Gasteiger charge is -2.19. The minimum atomic E-state index is 0.355. The summed E-state index contributed by atoms with van der Waals surface area (Å²) in [6, 6.07) is 0. The molecule has 0 aliphatic heterocycles. The van der Waals surface area contributed by atoms with E-state index in [-0.39, 0.29) is 0 Å². The van der Waals surface area contributed by atoms with Gasteiger partial charge in [-0.1, -0.05) is 42.6 Å². The summed E-state index contributed by atoms with van der Waals surface area (Å²) in [6.07, 6.45) is 7.30. The zero-order valence-electron chi connectivity index (χ0n) is 8.24. The summed E-state index contributed by atoms with van der Waals surface area (Å²) in [6.45, 7) is 0. The molecule has 1 aromatic rings. The fraction of sp³-hybridized carbons (Fsp3) is 0.600. The fourth-order valence-electron chi connectivity index (χ4n) is 1.74. The van der Waals surface area contributed by atoms with E-state index in [1.165, 1.54) is 43.4 Å². The lowest BCUT2D eigenvalue weighted by molar-refractivity contribution is 0.112. The molecule has 1 aliphatic carbocycles. The topological polar surface area (TPSA) is 30.0 Å². The van der Waals surface area contributed by atoms with Crippen LogP contribution in [-0.4, -0.2) is 16.5 Å². The number of aldehydes is 1. The van der Waals surface area contributed by atoms with Gasteiger partial charge in [0.2, 0.25) is 0 Å². The molecule has 0 saturated heterocycles. The van der Waals surface area contributed by atoms with Crippen molar-refractivity contribution in [3.05, 3.63) is 10.0 Å². The third-order valence-corrected chi connectivity index (χ3v) is 5.33. The molecular weight excluding hydrogens is 250 g/mol. The van der Waals surface area contributed by atoms with Crippen LogP contribution in [0.4, 0.5) is 0 Å². The van der Waals surface area contributed by atoms with Crippen molar-refractivity contribution in [2.45, 2.75) is 41.7 Å². The summed E-state index contributed by atoms with van der Waals surface area (Å²) in [7, 11) is 0. The van der Waals surface area contributed by atoms with Gasteiger partial charge in [0.05, 0.1) is 0 Å². The Morgan fingerprint density at radius 3 is 2.73 bits per heavy atom. The van der Waals surface area contributed by atoms with Crippen LogP contribution in [0.15, 0.2) is 4.34 Å². The molecule has 2 rings (SSSR count). The van der Waals surface area contributed by atoms with Crippen LogP contribution in [0, 0.1) is 0 Å². The Labute approximate surface area is 102 Å². The van der Waals surface area contributed by atoms with E-state index in [4.69, 9.17) is 11.6 Å². The van der Waals surface area contributed by atoms with Gasteiger partial charge in [-0.3, -0.25) is 4.79 Å². The third-order valence-electron chi connectivity index (χ3n) is 2.52. The van der Waals surface area contributed by atoms with Crippen molar-refractivity contribution < 1.29 is 4.79 Å². The summed E-state index contributed by atoms with van der Waals surface area (Å²) in [5, 5.41) is 1.02. The predicted octanol–water partition coefficient (Wildman–Crippen LogP) is 4.03. The largest absolute Gasteiger partial charge is 0.297 e. The lowest BCUT2D eigenvalue weighted by atomic mass is 10.0. The maximum atomic E-state index is 10.6. The number of thioether (sulfide) groups is 1. The van der Waals surface area contributed by atoms with Gasteiger partial charge in [0.25, 0.3) is 0 Å². The van der Waals surface area contributed by atoms with Gasteiger partial charge >= 0.3 is 0 Å². The minimum Gasteiger partial charge on any atom is -0.297 e.